The summed E-state index contributed by atoms with van der Waals surface area (Å²) in [6.07, 6.45) is 2.86. The van der Waals surface area contributed by atoms with Crippen LogP contribution in [-0.4, -0.2) is 33.7 Å². The molecule has 1 aliphatic rings. The molecular formula is C25H29FN4O. The highest BCUT2D eigenvalue weighted by Crippen LogP contribution is 2.19. The molecule has 1 aromatic heterocycles. The molecule has 5 nitrogen and oxygen atoms in total. The number of rotatable bonds is 7. The first kappa shape index (κ1) is 21.2. The van der Waals surface area contributed by atoms with Gasteiger partial charge in [0.15, 0.2) is 0 Å². The first-order chi connectivity index (χ1) is 15.0. The summed E-state index contributed by atoms with van der Waals surface area (Å²) in [4.78, 5) is 15.1. The molecule has 6 heteroatoms. The second-order valence-corrected chi connectivity index (χ2v) is 8.29. The third-order valence-corrected chi connectivity index (χ3v) is 5.97. The summed E-state index contributed by atoms with van der Waals surface area (Å²) >= 11 is 0. The Bertz CT molecular complexity index is 1030. The number of nitrogens with one attached hydrogen (secondary N) is 1. The van der Waals surface area contributed by atoms with Crippen molar-refractivity contribution in [2.45, 2.75) is 46.2 Å². The largest absolute Gasteiger partial charge is 0.352 e. The molecule has 1 aliphatic heterocycles. The van der Waals surface area contributed by atoms with E-state index >= 15 is 0 Å². The van der Waals surface area contributed by atoms with E-state index in [1.54, 1.807) is 16.8 Å². The van der Waals surface area contributed by atoms with E-state index in [4.69, 9.17) is 0 Å². The molecule has 1 N–H and O–H groups in total. The van der Waals surface area contributed by atoms with Gasteiger partial charge in [-0.15, -0.1) is 0 Å². The lowest BCUT2D eigenvalue weighted by atomic mass is 10.1. The first-order valence-corrected chi connectivity index (χ1v) is 10.9. The Morgan fingerprint density at radius 2 is 1.65 bits per heavy atom. The molecule has 31 heavy (non-hydrogen) atoms. The molecule has 0 radical (unpaired) electrons. The van der Waals surface area contributed by atoms with Crippen molar-refractivity contribution >= 4 is 5.91 Å². The quantitative estimate of drug-likeness (QED) is 0.627. The summed E-state index contributed by atoms with van der Waals surface area (Å²) in [6, 6.07) is 14.7. The molecule has 0 bridgehead atoms. The number of amides is 1. The lowest BCUT2D eigenvalue weighted by molar-refractivity contribution is -0.120. The molecule has 2 heterocycles. The molecule has 162 valence electrons. The van der Waals surface area contributed by atoms with Crippen LogP contribution in [0, 0.1) is 19.7 Å². The maximum absolute atomic E-state index is 13.2. The molecule has 4 rings (SSSR count). The third-order valence-electron chi connectivity index (χ3n) is 5.97. The molecular weight excluding hydrogens is 391 g/mol. The van der Waals surface area contributed by atoms with Gasteiger partial charge in [-0.1, -0.05) is 24.3 Å². The lowest BCUT2D eigenvalue weighted by Crippen LogP contribution is -2.25. The minimum Gasteiger partial charge on any atom is -0.352 e. The van der Waals surface area contributed by atoms with E-state index in [2.05, 4.69) is 39.6 Å². The fraction of sp³-hybridized carbons (Fsp3) is 0.360. The average Bonchev–Trinajstić information content (AvgIpc) is 3.37. The van der Waals surface area contributed by atoms with Crippen LogP contribution in [0.4, 0.5) is 4.39 Å². The molecule has 2 aromatic carbocycles. The summed E-state index contributed by atoms with van der Waals surface area (Å²) in [5.74, 6) is -0.319. The number of aromatic nitrogens is 2. The maximum Gasteiger partial charge on any atom is 0.224 e. The first-order valence-electron chi connectivity index (χ1n) is 10.9. The zero-order valence-electron chi connectivity index (χ0n) is 18.2. The number of benzene rings is 2. The topological polar surface area (TPSA) is 50.2 Å². The molecule has 1 saturated heterocycles. The Morgan fingerprint density at radius 1 is 1.00 bits per heavy atom. The van der Waals surface area contributed by atoms with Gasteiger partial charge < -0.3 is 5.32 Å². The predicted molar refractivity (Wildman–Crippen MR) is 119 cm³/mol. The van der Waals surface area contributed by atoms with Crippen molar-refractivity contribution < 1.29 is 9.18 Å². The summed E-state index contributed by atoms with van der Waals surface area (Å²) < 4.78 is 15.0. The van der Waals surface area contributed by atoms with Crippen molar-refractivity contribution in [1.82, 2.24) is 20.0 Å². The molecule has 0 aliphatic carbocycles. The lowest BCUT2D eigenvalue weighted by Gasteiger charge is -2.14. The van der Waals surface area contributed by atoms with Crippen molar-refractivity contribution in [3.8, 4) is 5.69 Å². The Labute approximate surface area is 182 Å². The molecule has 1 amide bonds. The minimum absolute atomic E-state index is 0.0361. The van der Waals surface area contributed by atoms with Gasteiger partial charge in [-0.25, -0.2) is 9.07 Å². The van der Waals surface area contributed by atoms with Crippen LogP contribution in [0.3, 0.4) is 0 Å². The Kier molecular flexibility index (Phi) is 6.47. The normalized spacial score (nSPS) is 14.2. The van der Waals surface area contributed by atoms with Crippen LogP contribution < -0.4 is 5.32 Å². The zero-order chi connectivity index (χ0) is 21.8. The SMILES string of the molecule is Cc1nn(-c2ccc(F)cc2)c(C)c1CC(=O)NCc1ccc(CN2CCCC2)cc1. The summed E-state index contributed by atoms with van der Waals surface area (Å²) in [7, 11) is 0. The standard InChI is InChI=1S/C25H29FN4O/c1-18-24(19(2)30(28-18)23-11-9-22(26)10-12-23)15-25(31)27-16-20-5-7-21(8-6-20)17-29-13-3-4-14-29/h5-12H,3-4,13-17H2,1-2H3,(H,27,31). The second kappa shape index (κ2) is 9.43. The van der Waals surface area contributed by atoms with Crippen LogP contribution in [0.1, 0.15) is 40.9 Å². The second-order valence-electron chi connectivity index (χ2n) is 8.29. The number of aryl methyl sites for hydroxylation is 1. The van der Waals surface area contributed by atoms with Gasteiger partial charge in [0.1, 0.15) is 5.82 Å². The van der Waals surface area contributed by atoms with E-state index in [-0.39, 0.29) is 18.1 Å². The highest BCUT2D eigenvalue weighted by Gasteiger charge is 2.16. The number of carbonyl (C=O) groups is 1. The van der Waals surface area contributed by atoms with Crippen LogP contribution in [0.15, 0.2) is 48.5 Å². The van der Waals surface area contributed by atoms with E-state index in [1.165, 1.54) is 43.6 Å². The third kappa shape index (κ3) is 5.20. The van der Waals surface area contributed by atoms with Gasteiger partial charge in [0.25, 0.3) is 0 Å². The number of carbonyl (C=O) groups excluding carboxylic acids is 1. The molecule has 0 unspecified atom stereocenters. The van der Waals surface area contributed by atoms with Crippen LogP contribution in [-0.2, 0) is 24.3 Å². The van der Waals surface area contributed by atoms with Gasteiger partial charge in [-0.2, -0.15) is 5.10 Å². The monoisotopic (exact) mass is 420 g/mol. The fourth-order valence-corrected chi connectivity index (χ4v) is 4.15. The Balaban J connectivity index is 1.34. The highest BCUT2D eigenvalue weighted by atomic mass is 19.1. The summed E-state index contributed by atoms with van der Waals surface area (Å²) in [6.45, 7) is 7.72. The van der Waals surface area contributed by atoms with Gasteiger partial charge in [0.2, 0.25) is 5.91 Å². The average molecular weight is 421 g/mol. The summed E-state index contributed by atoms with van der Waals surface area (Å²) in [5.41, 5.74) is 5.80. The van der Waals surface area contributed by atoms with Crippen LogP contribution in [0.5, 0.6) is 0 Å². The van der Waals surface area contributed by atoms with Gasteiger partial charge in [-0.05, 0) is 75.2 Å². The van der Waals surface area contributed by atoms with Gasteiger partial charge in [0, 0.05) is 24.3 Å². The number of halogens is 1. The van der Waals surface area contributed by atoms with E-state index in [9.17, 15) is 9.18 Å². The number of hydrogen-bond donors (Lipinski definition) is 1. The zero-order valence-corrected chi connectivity index (χ0v) is 18.2. The Morgan fingerprint density at radius 3 is 2.32 bits per heavy atom. The Hall–Kier alpha value is -2.99. The van der Waals surface area contributed by atoms with Crippen molar-refractivity contribution in [2.24, 2.45) is 0 Å². The molecule has 0 saturated carbocycles. The van der Waals surface area contributed by atoms with E-state index in [1.807, 2.05) is 13.8 Å². The summed E-state index contributed by atoms with van der Waals surface area (Å²) in [5, 5.41) is 7.56. The van der Waals surface area contributed by atoms with E-state index in [0.29, 0.717) is 6.54 Å². The number of likely N-dealkylation sites (tertiary alicyclic amines) is 1. The molecule has 1 fully saturated rings. The van der Waals surface area contributed by atoms with Gasteiger partial charge >= 0.3 is 0 Å². The van der Waals surface area contributed by atoms with Gasteiger partial charge in [0.05, 0.1) is 17.8 Å². The predicted octanol–water partition coefficient (Wildman–Crippen LogP) is 4.08. The molecule has 0 atom stereocenters. The van der Waals surface area contributed by atoms with Crippen molar-refractivity contribution in [2.75, 3.05) is 13.1 Å². The van der Waals surface area contributed by atoms with E-state index < -0.39 is 0 Å². The van der Waals surface area contributed by atoms with Crippen LogP contribution in [0.25, 0.3) is 5.69 Å². The fourth-order valence-electron chi connectivity index (χ4n) is 4.15. The number of hydrogen-bond acceptors (Lipinski definition) is 3. The molecule has 3 aromatic rings. The van der Waals surface area contributed by atoms with E-state index in [0.717, 1.165) is 34.7 Å². The molecule has 0 spiro atoms. The van der Waals surface area contributed by atoms with Crippen molar-refractivity contribution in [1.29, 1.82) is 0 Å². The van der Waals surface area contributed by atoms with Gasteiger partial charge in [-0.3, -0.25) is 9.69 Å². The van der Waals surface area contributed by atoms with Crippen LogP contribution in [0.2, 0.25) is 0 Å². The number of nitrogens with zero attached hydrogens (tertiary/aromatic N) is 3. The van der Waals surface area contributed by atoms with Crippen molar-refractivity contribution in [3.05, 3.63) is 82.4 Å². The van der Waals surface area contributed by atoms with Crippen molar-refractivity contribution in [3.63, 3.8) is 0 Å². The smallest absolute Gasteiger partial charge is 0.224 e. The minimum atomic E-state index is -0.283. The highest BCUT2D eigenvalue weighted by molar-refractivity contribution is 5.79. The van der Waals surface area contributed by atoms with Crippen LogP contribution >= 0.6 is 0 Å². The maximum atomic E-state index is 13.2.